The molecule has 1 saturated heterocycles. The normalized spacial score (nSPS) is 24.3. The third-order valence-electron chi connectivity index (χ3n) is 6.88. The van der Waals surface area contributed by atoms with Crippen molar-refractivity contribution in [3.05, 3.63) is 62.7 Å². The number of amidine groups is 2. The second-order valence-electron chi connectivity index (χ2n) is 10.1. The Bertz CT molecular complexity index is 1730. The minimum absolute atomic E-state index is 0.0965. The van der Waals surface area contributed by atoms with Gasteiger partial charge in [-0.25, -0.2) is 23.7 Å². The lowest BCUT2D eigenvalue weighted by molar-refractivity contribution is -0.191. The second-order valence-corrected chi connectivity index (χ2v) is 11.8. The molecule has 0 spiro atoms. The van der Waals surface area contributed by atoms with Crippen LogP contribution in [-0.2, 0) is 15.7 Å². The summed E-state index contributed by atoms with van der Waals surface area (Å²) >= 11 is 12.9. The SMILES string of the molecule is CO[C@@H]1C(N=C/C(=C\N)c2cc3scnc3c(F)c2F)C(O)[C@H](C(N=C(C)N)=Nc2cc(Cl)c(Cl)cc2C(F)(F)F)OC1C(C)O. The van der Waals surface area contributed by atoms with Crippen molar-refractivity contribution in [2.45, 2.75) is 56.6 Å². The predicted octanol–water partition coefficient (Wildman–Crippen LogP) is 5.27. The lowest BCUT2D eigenvalue weighted by Gasteiger charge is -2.43. The van der Waals surface area contributed by atoms with E-state index in [1.807, 2.05) is 0 Å². The molecule has 0 aliphatic carbocycles. The first-order chi connectivity index (χ1) is 21.6. The first-order valence-electron chi connectivity index (χ1n) is 13.3. The second kappa shape index (κ2) is 14.3. The van der Waals surface area contributed by atoms with Gasteiger partial charge in [-0.05, 0) is 32.0 Å². The maximum Gasteiger partial charge on any atom is 0.418 e. The standard InChI is InChI=1S/C28H27Cl2F5N6O4S/c1-10(42)24-25(44-3)22(38-8-12(7-36)13-4-18-21(39-9-46-18)20(32)19(13)31)23(43)26(45-24)27(40-11(2)37)41-17-6-16(30)15(29)5-14(17)28(33,34)35/h4-10,22-26,42-43H,36H2,1-3H3,(H2,37,40,41)/b12-7+,38-8?/t10?,22?,23?,24?,25-,26-/m1/s1. The van der Waals surface area contributed by atoms with Crippen molar-refractivity contribution in [2.75, 3.05) is 7.11 Å². The zero-order chi connectivity index (χ0) is 34.1. The lowest BCUT2D eigenvalue weighted by Crippen LogP contribution is -2.62. The van der Waals surface area contributed by atoms with E-state index in [-0.39, 0.29) is 32.5 Å². The quantitative estimate of drug-likeness (QED) is 0.148. The van der Waals surface area contributed by atoms with Gasteiger partial charge in [0, 0.05) is 30.7 Å². The average molecular weight is 710 g/mol. The van der Waals surface area contributed by atoms with Crippen molar-refractivity contribution in [1.29, 1.82) is 0 Å². The van der Waals surface area contributed by atoms with Crippen molar-refractivity contribution < 1.29 is 41.6 Å². The molecular formula is C28H27Cl2F5N6O4S. The number of hydrogen-bond donors (Lipinski definition) is 4. The Morgan fingerprint density at radius 3 is 2.46 bits per heavy atom. The molecule has 0 saturated carbocycles. The van der Waals surface area contributed by atoms with Crippen LogP contribution in [0, 0.1) is 11.6 Å². The smallest absolute Gasteiger partial charge is 0.404 e. The highest BCUT2D eigenvalue weighted by molar-refractivity contribution is 7.16. The fraction of sp³-hybridized carbons (Fsp3) is 0.357. The van der Waals surface area contributed by atoms with Gasteiger partial charge in [0.15, 0.2) is 17.5 Å². The van der Waals surface area contributed by atoms with Gasteiger partial charge in [-0.15, -0.1) is 11.3 Å². The van der Waals surface area contributed by atoms with Crippen LogP contribution < -0.4 is 11.5 Å². The van der Waals surface area contributed by atoms with Gasteiger partial charge in [0.25, 0.3) is 0 Å². The molecule has 1 aliphatic heterocycles. The Balaban J connectivity index is 1.84. The van der Waals surface area contributed by atoms with Crippen molar-refractivity contribution in [3.63, 3.8) is 0 Å². The largest absolute Gasteiger partial charge is 0.418 e. The number of fused-ring (bicyclic) bond motifs is 1. The van der Waals surface area contributed by atoms with Crippen LogP contribution in [0.1, 0.15) is 25.0 Å². The number of aliphatic hydroxyl groups excluding tert-OH is 2. The first kappa shape index (κ1) is 35.6. The molecule has 1 fully saturated rings. The number of methoxy groups -OCH3 is 1. The van der Waals surface area contributed by atoms with Crippen LogP contribution in [-0.4, -0.2) is 76.8 Å². The number of aliphatic hydroxyl groups is 2. The van der Waals surface area contributed by atoms with Crippen LogP contribution in [0.2, 0.25) is 10.0 Å². The number of aromatic nitrogens is 1. The van der Waals surface area contributed by atoms with Gasteiger partial charge in [-0.2, -0.15) is 13.2 Å². The molecule has 6 N–H and O–H groups in total. The number of ether oxygens (including phenoxy) is 2. The summed E-state index contributed by atoms with van der Waals surface area (Å²) in [5, 5.41) is 21.5. The van der Waals surface area contributed by atoms with Crippen molar-refractivity contribution >= 4 is 73.9 Å². The van der Waals surface area contributed by atoms with Crippen molar-refractivity contribution in [3.8, 4) is 0 Å². The molecule has 2 aromatic carbocycles. The van der Waals surface area contributed by atoms with Gasteiger partial charge >= 0.3 is 6.18 Å². The lowest BCUT2D eigenvalue weighted by atomic mass is 9.89. The fourth-order valence-corrected chi connectivity index (χ4v) is 5.81. The van der Waals surface area contributed by atoms with Gasteiger partial charge < -0.3 is 31.2 Å². The van der Waals surface area contributed by atoms with E-state index in [1.165, 1.54) is 32.5 Å². The van der Waals surface area contributed by atoms with Gasteiger partial charge in [-0.3, -0.25) is 4.99 Å². The van der Waals surface area contributed by atoms with Gasteiger partial charge in [0.2, 0.25) is 0 Å². The van der Waals surface area contributed by atoms with E-state index in [9.17, 15) is 27.8 Å². The third-order valence-corrected chi connectivity index (χ3v) is 8.38. The number of hydrogen-bond acceptors (Lipinski definition) is 9. The van der Waals surface area contributed by atoms with E-state index >= 15 is 4.39 Å². The topological polar surface area (TPSA) is 161 Å². The van der Waals surface area contributed by atoms with E-state index in [4.69, 9.17) is 44.1 Å². The van der Waals surface area contributed by atoms with Crippen LogP contribution >= 0.6 is 34.5 Å². The van der Waals surface area contributed by atoms with E-state index in [0.29, 0.717) is 10.8 Å². The number of allylic oxidation sites excluding steroid dienone is 1. The van der Waals surface area contributed by atoms with Gasteiger partial charge in [-0.1, -0.05) is 23.2 Å². The van der Waals surface area contributed by atoms with Gasteiger partial charge in [0.1, 0.15) is 36.0 Å². The zero-order valence-electron chi connectivity index (χ0n) is 24.1. The summed E-state index contributed by atoms with van der Waals surface area (Å²) in [7, 11) is 1.24. The van der Waals surface area contributed by atoms with Gasteiger partial charge in [0.05, 0.1) is 43.4 Å². The van der Waals surface area contributed by atoms with Crippen LogP contribution in [0.4, 0.5) is 27.6 Å². The number of thiazole rings is 1. The van der Waals surface area contributed by atoms with Crippen LogP contribution in [0.3, 0.4) is 0 Å². The Hall–Kier alpha value is -3.25. The summed E-state index contributed by atoms with van der Waals surface area (Å²) in [5.74, 6) is -3.15. The number of nitrogens with zero attached hydrogens (tertiary/aromatic N) is 4. The maximum absolute atomic E-state index is 15.0. The monoisotopic (exact) mass is 708 g/mol. The minimum Gasteiger partial charge on any atom is -0.404 e. The van der Waals surface area contributed by atoms with E-state index in [2.05, 4.69) is 20.0 Å². The third kappa shape index (κ3) is 7.33. The maximum atomic E-state index is 15.0. The molecule has 46 heavy (non-hydrogen) atoms. The van der Waals surface area contributed by atoms with E-state index < -0.39 is 71.5 Å². The molecule has 3 aromatic rings. The molecule has 4 rings (SSSR count). The molecule has 2 heterocycles. The molecule has 0 amide bonds. The highest BCUT2D eigenvalue weighted by Gasteiger charge is 2.49. The zero-order valence-corrected chi connectivity index (χ0v) is 26.5. The van der Waals surface area contributed by atoms with Crippen molar-refractivity contribution in [2.24, 2.45) is 26.4 Å². The minimum atomic E-state index is -4.93. The highest BCUT2D eigenvalue weighted by atomic mass is 35.5. The Morgan fingerprint density at radius 1 is 1.20 bits per heavy atom. The summed E-state index contributed by atoms with van der Waals surface area (Å²) in [6, 6.07) is 1.41. The fourth-order valence-electron chi connectivity index (χ4n) is 4.77. The molecule has 1 aliphatic rings. The van der Waals surface area contributed by atoms with Crippen LogP contribution in [0.5, 0.6) is 0 Å². The summed E-state index contributed by atoms with van der Waals surface area (Å²) in [6.45, 7) is 2.66. The van der Waals surface area contributed by atoms with E-state index in [0.717, 1.165) is 29.8 Å². The summed E-state index contributed by atoms with van der Waals surface area (Å²) in [4.78, 5) is 16.2. The van der Waals surface area contributed by atoms with E-state index in [1.54, 1.807) is 0 Å². The average Bonchev–Trinajstić information content (AvgIpc) is 3.45. The molecule has 0 bridgehead atoms. The summed E-state index contributed by atoms with van der Waals surface area (Å²) < 4.78 is 83.3. The molecule has 10 nitrogen and oxygen atoms in total. The molecule has 248 valence electrons. The molecule has 6 atom stereocenters. The summed E-state index contributed by atoms with van der Waals surface area (Å²) in [5.41, 5.74) is 10.3. The number of nitrogens with two attached hydrogens (primary N) is 2. The predicted molar refractivity (Wildman–Crippen MR) is 167 cm³/mol. The molecule has 4 unspecified atom stereocenters. The van der Waals surface area contributed by atoms with Crippen LogP contribution in [0.25, 0.3) is 15.8 Å². The first-order valence-corrected chi connectivity index (χ1v) is 14.9. The molecule has 0 radical (unpaired) electrons. The Kier molecular flexibility index (Phi) is 11.0. The highest BCUT2D eigenvalue weighted by Crippen LogP contribution is 2.41. The van der Waals surface area contributed by atoms with Crippen molar-refractivity contribution in [1.82, 2.24) is 4.98 Å². The number of rotatable bonds is 7. The molecule has 1 aromatic heterocycles. The number of halogens is 7. The molecule has 18 heteroatoms. The number of benzene rings is 2. The summed E-state index contributed by atoms with van der Waals surface area (Å²) in [6.07, 6.45) is -10.1. The Labute approximate surface area is 272 Å². The van der Waals surface area contributed by atoms with Crippen LogP contribution in [0.15, 0.2) is 44.9 Å². The Morgan fingerprint density at radius 2 is 1.87 bits per heavy atom. The number of aliphatic imine (C=N–C) groups is 3. The molecular weight excluding hydrogens is 682 g/mol. The number of alkyl halides is 3.